The Labute approximate surface area is 197 Å². The van der Waals surface area contributed by atoms with E-state index in [9.17, 15) is 9.59 Å². The summed E-state index contributed by atoms with van der Waals surface area (Å²) in [6.07, 6.45) is 2.12. The van der Waals surface area contributed by atoms with Crippen LogP contribution in [0.5, 0.6) is 17.5 Å². The number of carbonyl (C=O) groups is 2. The predicted octanol–water partition coefficient (Wildman–Crippen LogP) is 3.93. The van der Waals surface area contributed by atoms with Crippen molar-refractivity contribution in [1.29, 1.82) is 5.26 Å². The highest BCUT2D eigenvalue weighted by molar-refractivity contribution is 6.37. The van der Waals surface area contributed by atoms with Gasteiger partial charge in [-0.1, -0.05) is 23.2 Å². The number of imidazole rings is 1. The molecule has 3 aromatic rings. The van der Waals surface area contributed by atoms with Crippen LogP contribution >= 0.6 is 23.2 Å². The summed E-state index contributed by atoms with van der Waals surface area (Å²) >= 11 is 12.8. The van der Waals surface area contributed by atoms with Crippen molar-refractivity contribution in [3.63, 3.8) is 0 Å². The number of nitriles is 1. The van der Waals surface area contributed by atoms with E-state index in [-0.39, 0.29) is 21.5 Å². The fraction of sp³-hybridized carbons (Fsp3) is 0.238. The number of carbonyl (C=O) groups excluding carboxylic acids is 2. The molecule has 168 valence electrons. The third kappa shape index (κ3) is 3.80. The van der Waals surface area contributed by atoms with Crippen LogP contribution in [0.25, 0.3) is 11.0 Å². The molecule has 1 unspecified atom stereocenters. The molecule has 1 aliphatic heterocycles. The molecule has 2 N–H and O–H groups in total. The Morgan fingerprint density at radius 3 is 2.55 bits per heavy atom. The number of halogens is 2. The van der Waals surface area contributed by atoms with E-state index in [1.807, 2.05) is 16.7 Å². The minimum absolute atomic E-state index is 0.130. The van der Waals surface area contributed by atoms with E-state index in [1.54, 1.807) is 19.2 Å². The van der Waals surface area contributed by atoms with E-state index >= 15 is 0 Å². The Bertz CT molecular complexity index is 1320. The highest BCUT2D eigenvalue weighted by Gasteiger charge is 2.33. The molecule has 2 heterocycles. The number of urea groups is 1. The van der Waals surface area contributed by atoms with Crippen LogP contribution in [0.1, 0.15) is 18.9 Å². The third-order valence-electron chi connectivity index (χ3n) is 5.27. The molecule has 3 amide bonds. The number of hydrazine groups is 1. The molecular weight excluding hydrogens is 471 g/mol. The van der Waals surface area contributed by atoms with Crippen molar-refractivity contribution in [2.45, 2.75) is 24.9 Å². The van der Waals surface area contributed by atoms with Crippen molar-refractivity contribution in [3.8, 4) is 23.6 Å². The van der Waals surface area contributed by atoms with Crippen LogP contribution < -0.4 is 25.2 Å². The van der Waals surface area contributed by atoms with Crippen molar-refractivity contribution < 1.29 is 19.1 Å². The van der Waals surface area contributed by atoms with Crippen LogP contribution in [-0.2, 0) is 4.79 Å². The summed E-state index contributed by atoms with van der Waals surface area (Å²) in [6.45, 7) is 0. The van der Waals surface area contributed by atoms with Gasteiger partial charge in [-0.15, -0.1) is 0 Å². The van der Waals surface area contributed by atoms with Gasteiger partial charge in [-0.05, 0) is 37.1 Å². The monoisotopic (exact) mass is 486 g/mol. The molecule has 2 aromatic carbocycles. The second kappa shape index (κ2) is 8.12. The van der Waals surface area contributed by atoms with Gasteiger partial charge in [-0.25, -0.2) is 9.80 Å². The fourth-order valence-electron chi connectivity index (χ4n) is 3.59. The summed E-state index contributed by atoms with van der Waals surface area (Å²) < 4.78 is 13.4. The van der Waals surface area contributed by atoms with Gasteiger partial charge in [0, 0.05) is 12.1 Å². The van der Waals surface area contributed by atoms with Gasteiger partial charge in [0.05, 0.1) is 39.9 Å². The Morgan fingerprint density at radius 1 is 1.18 bits per heavy atom. The molecule has 33 heavy (non-hydrogen) atoms. The lowest BCUT2D eigenvalue weighted by atomic mass is 10.2. The number of benzene rings is 2. The van der Waals surface area contributed by atoms with Crippen molar-refractivity contribution in [1.82, 2.24) is 20.3 Å². The first kappa shape index (κ1) is 21.3. The van der Waals surface area contributed by atoms with Gasteiger partial charge in [0.15, 0.2) is 11.8 Å². The molecule has 1 atom stereocenters. The number of nitrogens with zero attached hydrogens (tertiary/aromatic N) is 4. The smallest absolute Gasteiger partial charge is 0.343 e. The van der Waals surface area contributed by atoms with E-state index in [4.69, 9.17) is 37.9 Å². The standard InChI is InChI=1S/C21H16Cl2N6O4/c1-32-21-25-15-5-4-12(8-17(15)28(21)10-2-3-10)33-18-13(22)6-11(7-14(18)23)29-20(31)26-19(30)16(9-24)27-29/h4-8,10,16,27H,2-3H2,1H3,(H,26,30,31). The van der Waals surface area contributed by atoms with Crippen LogP contribution in [0, 0.1) is 11.3 Å². The zero-order valence-electron chi connectivity index (χ0n) is 17.1. The Morgan fingerprint density at radius 2 is 1.91 bits per heavy atom. The molecule has 1 aromatic heterocycles. The zero-order valence-corrected chi connectivity index (χ0v) is 18.6. The van der Waals surface area contributed by atoms with Crippen molar-refractivity contribution >= 4 is 51.9 Å². The first-order chi connectivity index (χ1) is 15.9. The number of methoxy groups -OCH3 is 1. The number of nitrogens with one attached hydrogen (secondary N) is 2. The molecule has 0 radical (unpaired) electrons. The number of imide groups is 1. The lowest BCUT2D eigenvalue weighted by molar-refractivity contribution is -0.121. The largest absolute Gasteiger partial charge is 0.468 e. The zero-order chi connectivity index (χ0) is 23.3. The molecule has 1 aliphatic carbocycles. The molecule has 0 spiro atoms. The summed E-state index contributed by atoms with van der Waals surface area (Å²) in [4.78, 5) is 28.4. The quantitative estimate of drug-likeness (QED) is 0.559. The van der Waals surface area contributed by atoms with Gasteiger partial charge in [0.1, 0.15) is 5.75 Å². The number of hydrogen-bond donors (Lipinski definition) is 2. The molecule has 5 rings (SSSR count). The van der Waals surface area contributed by atoms with Gasteiger partial charge in [0.25, 0.3) is 11.9 Å². The number of amides is 3. The molecule has 1 saturated heterocycles. The topological polar surface area (TPSA) is 122 Å². The predicted molar refractivity (Wildman–Crippen MR) is 120 cm³/mol. The van der Waals surface area contributed by atoms with Gasteiger partial charge in [0.2, 0.25) is 0 Å². The van der Waals surface area contributed by atoms with Crippen LogP contribution in [0.4, 0.5) is 10.5 Å². The van der Waals surface area contributed by atoms with E-state index in [1.165, 1.54) is 12.1 Å². The van der Waals surface area contributed by atoms with Gasteiger partial charge in [-0.3, -0.25) is 14.7 Å². The van der Waals surface area contributed by atoms with Crippen LogP contribution in [0.15, 0.2) is 30.3 Å². The molecule has 10 nitrogen and oxygen atoms in total. The molecule has 12 heteroatoms. The number of fused-ring (bicyclic) bond motifs is 1. The second-order valence-electron chi connectivity index (χ2n) is 7.51. The Balaban J connectivity index is 1.46. The average Bonchev–Trinajstić information content (AvgIpc) is 3.56. The van der Waals surface area contributed by atoms with Gasteiger partial charge in [-0.2, -0.15) is 15.7 Å². The number of aromatic nitrogens is 2. The van der Waals surface area contributed by atoms with E-state index in [0.29, 0.717) is 17.8 Å². The summed E-state index contributed by atoms with van der Waals surface area (Å²) in [5.74, 6) is -0.0583. The van der Waals surface area contributed by atoms with E-state index in [2.05, 4.69) is 15.7 Å². The number of hydrogen-bond acceptors (Lipinski definition) is 7. The van der Waals surface area contributed by atoms with Crippen molar-refractivity contribution in [2.24, 2.45) is 0 Å². The van der Waals surface area contributed by atoms with Crippen LogP contribution in [-0.4, -0.2) is 34.6 Å². The van der Waals surface area contributed by atoms with E-state index < -0.39 is 18.0 Å². The number of rotatable bonds is 5. The maximum Gasteiger partial charge on any atom is 0.343 e. The SMILES string of the molecule is COc1nc2ccc(Oc3c(Cl)cc(N4NC(C#N)C(=O)NC4=O)cc3Cl)cc2n1C1CC1. The Hall–Kier alpha value is -3.52. The van der Waals surface area contributed by atoms with Crippen LogP contribution in [0.2, 0.25) is 10.0 Å². The fourth-order valence-corrected chi connectivity index (χ4v) is 4.15. The van der Waals surface area contributed by atoms with Gasteiger partial charge < -0.3 is 9.47 Å². The molecule has 2 aliphatic rings. The van der Waals surface area contributed by atoms with Gasteiger partial charge >= 0.3 is 6.03 Å². The number of anilines is 1. The summed E-state index contributed by atoms with van der Waals surface area (Å²) in [6, 6.07) is 8.94. The first-order valence-corrected chi connectivity index (χ1v) is 10.7. The minimum atomic E-state index is -1.24. The minimum Gasteiger partial charge on any atom is -0.468 e. The van der Waals surface area contributed by atoms with Crippen molar-refractivity contribution in [2.75, 3.05) is 12.1 Å². The summed E-state index contributed by atoms with van der Waals surface area (Å²) in [7, 11) is 1.59. The first-order valence-electron chi connectivity index (χ1n) is 9.93. The Kier molecular flexibility index (Phi) is 5.25. The normalized spacial score (nSPS) is 18.2. The maximum absolute atomic E-state index is 12.2. The highest BCUT2D eigenvalue weighted by atomic mass is 35.5. The molecule has 0 bridgehead atoms. The molecule has 2 fully saturated rings. The summed E-state index contributed by atoms with van der Waals surface area (Å²) in [5, 5.41) is 12.4. The van der Waals surface area contributed by atoms with E-state index in [0.717, 1.165) is 28.9 Å². The summed E-state index contributed by atoms with van der Waals surface area (Å²) in [5.41, 5.74) is 4.41. The number of ether oxygens (including phenoxy) is 2. The highest BCUT2D eigenvalue weighted by Crippen LogP contribution is 2.43. The average molecular weight is 487 g/mol. The van der Waals surface area contributed by atoms with Crippen molar-refractivity contribution in [3.05, 3.63) is 40.4 Å². The lowest BCUT2D eigenvalue weighted by Gasteiger charge is -2.30. The molecular formula is C21H16Cl2N6O4. The van der Waals surface area contributed by atoms with Crippen LogP contribution in [0.3, 0.4) is 0 Å². The molecule has 1 saturated carbocycles. The third-order valence-corrected chi connectivity index (χ3v) is 5.83. The maximum atomic E-state index is 12.2. The second-order valence-corrected chi connectivity index (χ2v) is 8.33. The lowest BCUT2D eigenvalue weighted by Crippen LogP contribution is -2.64.